The summed E-state index contributed by atoms with van der Waals surface area (Å²) in [5.41, 5.74) is 1.85. The van der Waals surface area contributed by atoms with Crippen molar-refractivity contribution in [2.24, 2.45) is 11.3 Å². The van der Waals surface area contributed by atoms with E-state index < -0.39 is 5.41 Å². The van der Waals surface area contributed by atoms with Gasteiger partial charge in [0.15, 0.2) is 0 Å². The molecular formula is C23H28N2O2S. The molecule has 2 amide bonds. The second kappa shape index (κ2) is 8.08. The maximum absolute atomic E-state index is 13.0. The SMILES string of the molecule is CCNC(=O)[C@@]1(Cc2ccc(-c3cccs3)cc2)CCN(C(=O)C2CCC2)C1. The predicted octanol–water partition coefficient (Wildman–Crippen LogP) is 4.11. The fourth-order valence-electron chi connectivity index (χ4n) is 4.35. The average Bonchev–Trinajstić information content (AvgIpc) is 3.32. The van der Waals surface area contributed by atoms with Crippen LogP contribution in [0.1, 0.15) is 38.2 Å². The van der Waals surface area contributed by atoms with Crippen LogP contribution in [-0.4, -0.2) is 36.3 Å². The third-order valence-corrected chi connectivity index (χ3v) is 7.16. The Kier molecular flexibility index (Phi) is 5.54. The molecule has 2 heterocycles. The Labute approximate surface area is 170 Å². The van der Waals surface area contributed by atoms with Gasteiger partial charge in [0.1, 0.15) is 0 Å². The molecule has 0 spiro atoms. The first-order valence-corrected chi connectivity index (χ1v) is 11.2. The zero-order valence-corrected chi connectivity index (χ0v) is 17.3. The number of nitrogens with one attached hydrogen (secondary N) is 1. The minimum Gasteiger partial charge on any atom is -0.356 e. The highest BCUT2D eigenvalue weighted by Crippen LogP contribution is 2.38. The summed E-state index contributed by atoms with van der Waals surface area (Å²) < 4.78 is 0. The normalized spacial score (nSPS) is 22.1. The molecule has 1 saturated carbocycles. The predicted molar refractivity (Wildman–Crippen MR) is 113 cm³/mol. The molecule has 1 atom stereocenters. The van der Waals surface area contributed by atoms with Crippen molar-refractivity contribution in [1.82, 2.24) is 10.2 Å². The van der Waals surface area contributed by atoms with Crippen molar-refractivity contribution in [2.45, 2.75) is 39.0 Å². The second-order valence-corrected chi connectivity index (χ2v) is 9.08. The van der Waals surface area contributed by atoms with Gasteiger partial charge in [-0.25, -0.2) is 0 Å². The van der Waals surface area contributed by atoms with Crippen molar-refractivity contribution in [1.29, 1.82) is 0 Å². The lowest BCUT2D eigenvalue weighted by Crippen LogP contribution is -2.46. The van der Waals surface area contributed by atoms with Crippen molar-refractivity contribution >= 4 is 23.2 Å². The third kappa shape index (κ3) is 3.72. The van der Waals surface area contributed by atoms with E-state index in [1.54, 1.807) is 11.3 Å². The van der Waals surface area contributed by atoms with E-state index >= 15 is 0 Å². The van der Waals surface area contributed by atoms with Crippen molar-refractivity contribution < 1.29 is 9.59 Å². The summed E-state index contributed by atoms with van der Waals surface area (Å²) in [5.74, 6) is 0.529. The molecule has 28 heavy (non-hydrogen) atoms. The van der Waals surface area contributed by atoms with E-state index in [1.165, 1.54) is 10.4 Å². The molecular weight excluding hydrogens is 368 g/mol. The van der Waals surface area contributed by atoms with E-state index in [0.29, 0.717) is 26.1 Å². The number of nitrogens with zero attached hydrogens (tertiary/aromatic N) is 1. The molecule has 0 radical (unpaired) electrons. The number of hydrogen-bond donors (Lipinski definition) is 1. The maximum Gasteiger partial charge on any atom is 0.228 e. The van der Waals surface area contributed by atoms with Gasteiger partial charge in [-0.15, -0.1) is 11.3 Å². The van der Waals surface area contributed by atoms with Crippen LogP contribution in [-0.2, 0) is 16.0 Å². The molecule has 1 saturated heterocycles. The van der Waals surface area contributed by atoms with Gasteiger partial charge >= 0.3 is 0 Å². The van der Waals surface area contributed by atoms with E-state index in [2.05, 4.69) is 47.1 Å². The molecule has 5 heteroatoms. The standard InChI is InChI=1S/C23H28N2O2S/c1-2-24-22(27)23(12-13-25(16-23)21(26)19-5-3-6-19)15-17-8-10-18(11-9-17)20-7-4-14-28-20/h4,7-11,14,19H,2-3,5-6,12-13,15-16H2,1H3,(H,24,27)/t23-/m1/s1. The quantitative estimate of drug-likeness (QED) is 0.799. The molecule has 0 unspecified atom stereocenters. The lowest BCUT2D eigenvalue weighted by Gasteiger charge is -2.31. The maximum atomic E-state index is 13.0. The molecule has 2 aromatic rings. The number of carbonyl (C=O) groups is 2. The van der Waals surface area contributed by atoms with Gasteiger partial charge in [-0.1, -0.05) is 36.8 Å². The van der Waals surface area contributed by atoms with Gasteiger partial charge in [0.2, 0.25) is 11.8 Å². The van der Waals surface area contributed by atoms with Crippen LogP contribution in [0.25, 0.3) is 10.4 Å². The van der Waals surface area contributed by atoms with Crippen LogP contribution in [0.4, 0.5) is 0 Å². The number of amides is 2. The fourth-order valence-corrected chi connectivity index (χ4v) is 5.09. The smallest absolute Gasteiger partial charge is 0.228 e. The van der Waals surface area contributed by atoms with Gasteiger partial charge in [-0.3, -0.25) is 9.59 Å². The van der Waals surface area contributed by atoms with Crippen LogP contribution >= 0.6 is 11.3 Å². The fraction of sp³-hybridized carbons (Fsp3) is 0.478. The van der Waals surface area contributed by atoms with E-state index in [-0.39, 0.29) is 17.7 Å². The van der Waals surface area contributed by atoms with Crippen molar-refractivity contribution in [3.8, 4) is 10.4 Å². The minimum atomic E-state index is -0.514. The number of hydrogen-bond acceptors (Lipinski definition) is 3. The zero-order chi connectivity index (χ0) is 19.6. The molecule has 1 aliphatic carbocycles. The summed E-state index contributed by atoms with van der Waals surface area (Å²) in [6.07, 6.45) is 4.59. The second-order valence-electron chi connectivity index (χ2n) is 8.13. The Bertz CT molecular complexity index is 827. The summed E-state index contributed by atoms with van der Waals surface area (Å²) in [5, 5.41) is 5.11. The number of thiophene rings is 1. The van der Waals surface area contributed by atoms with Gasteiger partial charge < -0.3 is 10.2 Å². The van der Waals surface area contributed by atoms with E-state index in [1.807, 2.05) is 11.8 Å². The lowest BCUT2D eigenvalue weighted by atomic mass is 9.79. The molecule has 2 fully saturated rings. The zero-order valence-electron chi connectivity index (χ0n) is 16.4. The van der Waals surface area contributed by atoms with Crippen molar-refractivity contribution in [3.05, 3.63) is 47.3 Å². The topological polar surface area (TPSA) is 49.4 Å². The van der Waals surface area contributed by atoms with Crippen molar-refractivity contribution in [2.75, 3.05) is 19.6 Å². The van der Waals surface area contributed by atoms with Crippen LogP contribution in [0.15, 0.2) is 41.8 Å². The molecule has 0 bridgehead atoms. The molecule has 1 aromatic heterocycles. The molecule has 2 aliphatic rings. The largest absolute Gasteiger partial charge is 0.356 e. The Balaban J connectivity index is 1.51. The van der Waals surface area contributed by atoms with Gasteiger partial charge in [0, 0.05) is 30.4 Å². The number of likely N-dealkylation sites (tertiary alicyclic amines) is 1. The minimum absolute atomic E-state index is 0.0845. The lowest BCUT2D eigenvalue weighted by molar-refractivity contribution is -0.138. The highest BCUT2D eigenvalue weighted by atomic mass is 32.1. The summed E-state index contributed by atoms with van der Waals surface area (Å²) >= 11 is 1.73. The monoisotopic (exact) mass is 396 g/mol. The summed E-state index contributed by atoms with van der Waals surface area (Å²) in [7, 11) is 0. The van der Waals surface area contributed by atoms with Crippen LogP contribution in [0.5, 0.6) is 0 Å². The first-order chi connectivity index (χ1) is 13.6. The highest BCUT2D eigenvalue weighted by Gasteiger charge is 2.47. The third-order valence-electron chi connectivity index (χ3n) is 6.24. The van der Waals surface area contributed by atoms with Crippen LogP contribution in [0.2, 0.25) is 0 Å². The molecule has 4 nitrogen and oxygen atoms in total. The summed E-state index contributed by atoms with van der Waals surface area (Å²) in [6, 6.07) is 12.7. The van der Waals surface area contributed by atoms with Gasteiger partial charge in [0.25, 0.3) is 0 Å². The van der Waals surface area contributed by atoms with Gasteiger partial charge in [-0.05, 0) is 55.2 Å². The molecule has 4 rings (SSSR count). The first kappa shape index (κ1) is 19.2. The van der Waals surface area contributed by atoms with Crippen molar-refractivity contribution in [3.63, 3.8) is 0 Å². The van der Waals surface area contributed by atoms with E-state index in [9.17, 15) is 9.59 Å². The number of benzene rings is 1. The summed E-state index contributed by atoms with van der Waals surface area (Å²) in [6.45, 7) is 3.81. The highest BCUT2D eigenvalue weighted by molar-refractivity contribution is 7.13. The molecule has 1 aromatic carbocycles. The Morgan fingerprint density at radius 1 is 1.21 bits per heavy atom. The molecule has 1 N–H and O–H groups in total. The summed E-state index contributed by atoms with van der Waals surface area (Å²) in [4.78, 5) is 28.9. The van der Waals surface area contributed by atoms with E-state index in [4.69, 9.17) is 0 Å². The first-order valence-electron chi connectivity index (χ1n) is 10.3. The Morgan fingerprint density at radius 3 is 2.61 bits per heavy atom. The number of rotatable bonds is 6. The average molecular weight is 397 g/mol. The van der Waals surface area contributed by atoms with Gasteiger partial charge in [0.05, 0.1) is 5.41 Å². The van der Waals surface area contributed by atoms with Crippen LogP contribution in [0.3, 0.4) is 0 Å². The number of carbonyl (C=O) groups excluding carboxylic acids is 2. The molecule has 148 valence electrons. The Hall–Kier alpha value is -2.14. The molecule has 1 aliphatic heterocycles. The Morgan fingerprint density at radius 2 is 2.00 bits per heavy atom. The van der Waals surface area contributed by atoms with Crippen LogP contribution < -0.4 is 5.32 Å². The van der Waals surface area contributed by atoms with E-state index in [0.717, 1.165) is 31.2 Å². The van der Waals surface area contributed by atoms with Crippen LogP contribution in [0, 0.1) is 11.3 Å². The van der Waals surface area contributed by atoms with Gasteiger partial charge in [-0.2, -0.15) is 0 Å².